The van der Waals surface area contributed by atoms with Crippen molar-refractivity contribution in [3.63, 3.8) is 0 Å². The number of para-hydroxylation sites is 1. The van der Waals surface area contributed by atoms with Crippen LogP contribution in [0.5, 0.6) is 0 Å². The van der Waals surface area contributed by atoms with E-state index in [2.05, 4.69) is 28.7 Å². The molecule has 0 unspecified atom stereocenters. The van der Waals surface area contributed by atoms with Crippen molar-refractivity contribution in [3.05, 3.63) is 29.8 Å². The van der Waals surface area contributed by atoms with Gasteiger partial charge in [-0.15, -0.1) is 0 Å². The Balaban J connectivity index is 1.78. The van der Waals surface area contributed by atoms with Crippen LogP contribution < -0.4 is 5.32 Å². The first kappa shape index (κ1) is 14.5. The maximum Gasteiger partial charge on any atom is 0.151 e. The van der Waals surface area contributed by atoms with Gasteiger partial charge in [-0.2, -0.15) is 0 Å². The van der Waals surface area contributed by atoms with Gasteiger partial charge in [-0.25, -0.2) is 9.37 Å². The van der Waals surface area contributed by atoms with Gasteiger partial charge in [0.25, 0.3) is 0 Å². The van der Waals surface area contributed by atoms with Crippen LogP contribution in [-0.4, -0.2) is 28.3 Å². The van der Waals surface area contributed by atoms with Crippen molar-refractivity contribution in [3.8, 4) is 0 Å². The van der Waals surface area contributed by atoms with E-state index in [1.807, 2.05) is 6.07 Å². The van der Waals surface area contributed by atoms with Gasteiger partial charge in [0.1, 0.15) is 11.3 Å². The first-order valence-corrected chi connectivity index (χ1v) is 7.69. The van der Waals surface area contributed by atoms with Crippen LogP contribution in [0.15, 0.2) is 18.2 Å². The van der Waals surface area contributed by atoms with Crippen molar-refractivity contribution < 1.29 is 9.13 Å². The van der Waals surface area contributed by atoms with Gasteiger partial charge in [0, 0.05) is 19.2 Å². The molecule has 2 heterocycles. The van der Waals surface area contributed by atoms with Crippen LogP contribution in [0.3, 0.4) is 0 Å². The molecule has 2 atom stereocenters. The number of hydrogen-bond donors (Lipinski definition) is 1. The second kappa shape index (κ2) is 6.12. The minimum absolute atomic E-state index is 0.256. The van der Waals surface area contributed by atoms with Gasteiger partial charge >= 0.3 is 0 Å². The van der Waals surface area contributed by atoms with E-state index >= 15 is 0 Å². The number of halogens is 1. The predicted molar refractivity (Wildman–Crippen MR) is 80.6 cm³/mol. The fourth-order valence-corrected chi connectivity index (χ4v) is 3.03. The van der Waals surface area contributed by atoms with Crippen molar-refractivity contribution >= 4 is 11.0 Å². The van der Waals surface area contributed by atoms with Crippen LogP contribution in [0.2, 0.25) is 0 Å². The molecule has 1 aromatic heterocycles. The van der Waals surface area contributed by atoms with Crippen LogP contribution in [0.1, 0.15) is 32.5 Å². The largest absolute Gasteiger partial charge is 0.377 e. The third-order valence-corrected chi connectivity index (χ3v) is 4.23. The molecule has 0 bridgehead atoms. The highest BCUT2D eigenvalue weighted by Crippen LogP contribution is 2.20. The zero-order valence-corrected chi connectivity index (χ0v) is 12.6. The quantitative estimate of drug-likeness (QED) is 0.920. The third-order valence-electron chi connectivity index (χ3n) is 4.23. The van der Waals surface area contributed by atoms with E-state index in [0.29, 0.717) is 12.1 Å². The van der Waals surface area contributed by atoms with Gasteiger partial charge in [0.05, 0.1) is 18.2 Å². The standard InChI is InChI=1S/C16H22FN3O/c1-3-20-13-7-4-6-12(17)16(13)19-15(20)10-18-11(2)14-8-5-9-21-14/h4,6-7,11,14,18H,3,5,8-10H2,1-2H3/t11-,14+/m1/s1. The van der Waals surface area contributed by atoms with Gasteiger partial charge in [-0.05, 0) is 38.8 Å². The van der Waals surface area contributed by atoms with Crippen LogP contribution >= 0.6 is 0 Å². The maximum atomic E-state index is 13.8. The van der Waals surface area contributed by atoms with Gasteiger partial charge in [-0.1, -0.05) is 6.07 Å². The summed E-state index contributed by atoms with van der Waals surface area (Å²) in [5.41, 5.74) is 1.32. The molecule has 114 valence electrons. The molecule has 0 aliphatic carbocycles. The molecular formula is C16H22FN3O. The number of aromatic nitrogens is 2. The lowest BCUT2D eigenvalue weighted by Crippen LogP contribution is -2.37. The van der Waals surface area contributed by atoms with E-state index in [9.17, 15) is 4.39 Å². The highest BCUT2D eigenvalue weighted by atomic mass is 19.1. The Morgan fingerprint density at radius 2 is 2.38 bits per heavy atom. The first-order valence-electron chi connectivity index (χ1n) is 7.69. The van der Waals surface area contributed by atoms with E-state index in [0.717, 1.165) is 37.3 Å². The summed E-state index contributed by atoms with van der Waals surface area (Å²) < 4.78 is 21.6. The van der Waals surface area contributed by atoms with Gasteiger partial charge in [0.2, 0.25) is 0 Å². The number of rotatable bonds is 5. The number of imidazole rings is 1. The number of nitrogens with zero attached hydrogens (tertiary/aromatic N) is 2. The summed E-state index contributed by atoms with van der Waals surface area (Å²) in [6, 6.07) is 5.39. The van der Waals surface area contributed by atoms with Crippen molar-refractivity contribution in [2.75, 3.05) is 6.61 Å². The smallest absolute Gasteiger partial charge is 0.151 e. The van der Waals surface area contributed by atoms with E-state index < -0.39 is 0 Å². The summed E-state index contributed by atoms with van der Waals surface area (Å²) in [4.78, 5) is 4.47. The van der Waals surface area contributed by atoms with Crippen LogP contribution in [0, 0.1) is 5.82 Å². The Labute approximate surface area is 124 Å². The number of ether oxygens (including phenoxy) is 1. The fourth-order valence-electron chi connectivity index (χ4n) is 3.03. The molecule has 1 fully saturated rings. The molecule has 2 aromatic rings. The lowest BCUT2D eigenvalue weighted by Gasteiger charge is -2.20. The molecular weight excluding hydrogens is 269 g/mol. The minimum atomic E-state index is -0.256. The highest BCUT2D eigenvalue weighted by Gasteiger charge is 2.22. The van der Waals surface area contributed by atoms with Crippen LogP contribution in [-0.2, 0) is 17.8 Å². The van der Waals surface area contributed by atoms with Gasteiger partial charge in [-0.3, -0.25) is 0 Å². The van der Waals surface area contributed by atoms with E-state index in [1.165, 1.54) is 6.07 Å². The van der Waals surface area contributed by atoms with Crippen molar-refractivity contribution in [1.29, 1.82) is 0 Å². The molecule has 0 spiro atoms. The number of nitrogens with one attached hydrogen (secondary N) is 1. The number of aryl methyl sites for hydroxylation is 1. The van der Waals surface area contributed by atoms with Crippen LogP contribution in [0.25, 0.3) is 11.0 Å². The van der Waals surface area contributed by atoms with Crippen molar-refractivity contribution in [2.45, 2.75) is 51.9 Å². The number of fused-ring (bicyclic) bond motifs is 1. The van der Waals surface area contributed by atoms with Gasteiger partial charge < -0.3 is 14.6 Å². The van der Waals surface area contributed by atoms with E-state index in [4.69, 9.17) is 4.74 Å². The van der Waals surface area contributed by atoms with E-state index in [-0.39, 0.29) is 18.0 Å². The van der Waals surface area contributed by atoms with E-state index in [1.54, 1.807) is 6.07 Å². The number of hydrogen-bond acceptors (Lipinski definition) is 3. The van der Waals surface area contributed by atoms with Crippen molar-refractivity contribution in [2.24, 2.45) is 0 Å². The normalized spacial score (nSPS) is 20.2. The monoisotopic (exact) mass is 291 g/mol. The number of benzene rings is 1. The highest BCUT2D eigenvalue weighted by molar-refractivity contribution is 5.76. The predicted octanol–water partition coefficient (Wildman–Crippen LogP) is 2.85. The molecule has 1 N–H and O–H groups in total. The lowest BCUT2D eigenvalue weighted by molar-refractivity contribution is 0.0829. The molecule has 1 aliphatic rings. The molecule has 0 radical (unpaired) electrons. The Hall–Kier alpha value is -1.46. The molecule has 1 aliphatic heterocycles. The minimum Gasteiger partial charge on any atom is -0.377 e. The first-order chi connectivity index (χ1) is 10.2. The summed E-state index contributed by atoms with van der Waals surface area (Å²) in [5, 5.41) is 3.47. The average Bonchev–Trinajstić information content (AvgIpc) is 3.12. The Kier molecular flexibility index (Phi) is 4.22. The van der Waals surface area contributed by atoms with Gasteiger partial charge in [0.15, 0.2) is 5.82 Å². The third kappa shape index (κ3) is 2.80. The topological polar surface area (TPSA) is 39.1 Å². The summed E-state index contributed by atoms with van der Waals surface area (Å²) in [6.45, 7) is 6.46. The molecule has 4 nitrogen and oxygen atoms in total. The SMILES string of the molecule is CCn1c(CN[C@H](C)[C@@H]2CCCO2)nc2c(F)cccc21. The Morgan fingerprint density at radius 1 is 1.52 bits per heavy atom. The molecule has 21 heavy (non-hydrogen) atoms. The summed E-state index contributed by atoms with van der Waals surface area (Å²) >= 11 is 0. The maximum absolute atomic E-state index is 13.8. The molecule has 5 heteroatoms. The fraction of sp³-hybridized carbons (Fsp3) is 0.562. The summed E-state index contributed by atoms with van der Waals surface area (Å²) in [7, 11) is 0. The zero-order chi connectivity index (χ0) is 14.8. The molecule has 1 saturated heterocycles. The average molecular weight is 291 g/mol. The Morgan fingerprint density at radius 3 is 3.10 bits per heavy atom. The lowest BCUT2D eigenvalue weighted by atomic mass is 10.1. The molecule has 0 amide bonds. The summed E-state index contributed by atoms with van der Waals surface area (Å²) in [6.07, 6.45) is 2.52. The summed E-state index contributed by atoms with van der Waals surface area (Å²) in [5.74, 6) is 0.621. The zero-order valence-electron chi connectivity index (χ0n) is 12.6. The molecule has 3 rings (SSSR count). The second-order valence-electron chi connectivity index (χ2n) is 5.60. The second-order valence-corrected chi connectivity index (χ2v) is 5.60. The molecule has 1 aromatic carbocycles. The van der Waals surface area contributed by atoms with Crippen LogP contribution in [0.4, 0.5) is 4.39 Å². The Bertz CT molecular complexity index is 619. The molecule has 0 saturated carbocycles. The van der Waals surface area contributed by atoms with Crippen molar-refractivity contribution in [1.82, 2.24) is 14.9 Å².